The van der Waals surface area contributed by atoms with Crippen LogP contribution in [0.15, 0.2) is 54.6 Å². The normalized spacial score (nSPS) is 11.0. The maximum atomic E-state index is 13.0. The number of aromatic nitrogens is 3. The topological polar surface area (TPSA) is 45.6 Å². The van der Waals surface area contributed by atoms with E-state index in [2.05, 4.69) is 58.1 Å². The van der Waals surface area contributed by atoms with Gasteiger partial charge >= 0.3 is 5.78 Å². The molecule has 4 aromatic rings. The second kappa shape index (κ2) is 10.8. The van der Waals surface area contributed by atoms with E-state index in [0.717, 1.165) is 59.9 Å². The van der Waals surface area contributed by atoms with Gasteiger partial charge in [-0.3, -0.25) is 4.79 Å². The summed E-state index contributed by atoms with van der Waals surface area (Å²) >= 11 is 0. The summed E-state index contributed by atoms with van der Waals surface area (Å²) in [4.78, 5) is 18.2. The Morgan fingerprint density at radius 1 is 0.968 bits per heavy atom. The first-order valence-corrected chi connectivity index (χ1v) is 10.7. The van der Waals surface area contributed by atoms with Gasteiger partial charge in [0.25, 0.3) is 0 Å². The van der Waals surface area contributed by atoms with Crippen LogP contribution in [0.4, 0.5) is 0 Å². The number of hydrogen-bond acceptors (Lipinski definition) is 1. The average molecular weight is 461 g/mol. The number of quaternary nitrogens is 1. The summed E-state index contributed by atoms with van der Waals surface area (Å²) < 4.78 is 4.46. The van der Waals surface area contributed by atoms with Crippen LogP contribution in [0.25, 0.3) is 28.1 Å². The molecule has 0 aliphatic rings. The van der Waals surface area contributed by atoms with Gasteiger partial charge in [0.1, 0.15) is 29.8 Å². The lowest BCUT2D eigenvalue weighted by Gasteiger charge is -2.14. The molecular formula is C24H30Cl2N4O. The number of rotatable bonds is 8. The number of nitrogens with zero attached hydrogens (tertiary/aromatic N) is 2. The van der Waals surface area contributed by atoms with Crippen molar-refractivity contribution in [3.05, 3.63) is 60.3 Å². The van der Waals surface area contributed by atoms with Crippen molar-refractivity contribution in [3.8, 4) is 11.3 Å². The van der Waals surface area contributed by atoms with Gasteiger partial charge in [-0.15, -0.1) is 0 Å². The van der Waals surface area contributed by atoms with Gasteiger partial charge in [-0.05, 0) is 26.0 Å². The van der Waals surface area contributed by atoms with Crippen LogP contribution in [-0.4, -0.2) is 34.8 Å². The van der Waals surface area contributed by atoms with Crippen LogP contribution in [0.5, 0.6) is 0 Å². The molecule has 2 heterocycles. The molecule has 31 heavy (non-hydrogen) atoms. The maximum Gasteiger partial charge on any atom is 0.369 e. The Morgan fingerprint density at radius 2 is 1.61 bits per heavy atom. The molecule has 0 saturated carbocycles. The van der Waals surface area contributed by atoms with Gasteiger partial charge in [0.15, 0.2) is 11.5 Å². The number of fused-ring (bicyclic) bond motifs is 3. The standard InChI is InChI=1S/C24H28N4O.2ClH/c1-4-21(29)23-22(18-12-8-7-9-13-18)25-24-27(17-16-26(5-2)6-3)19-14-10-11-15-20(19)28(23)24;;/h7-15H,4-6,16-17H2,1-3H3;2*1H. The molecule has 0 atom stereocenters. The quantitative estimate of drug-likeness (QED) is 0.212. The zero-order valence-electron chi connectivity index (χ0n) is 18.3. The summed E-state index contributed by atoms with van der Waals surface area (Å²) in [6, 6.07) is 18.5. The summed E-state index contributed by atoms with van der Waals surface area (Å²) in [5.41, 5.74) is 4.93. The van der Waals surface area contributed by atoms with E-state index in [-0.39, 0.29) is 30.6 Å². The van der Waals surface area contributed by atoms with E-state index in [4.69, 9.17) is 0 Å². The van der Waals surface area contributed by atoms with E-state index >= 15 is 0 Å². The summed E-state index contributed by atoms with van der Waals surface area (Å²) in [6.07, 6.45) is 0.475. The van der Waals surface area contributed by atoms with E-state index in [0.29, 0.717) is 6.42 Å². The number of benzene rings is 2. The number of likely N-dealkylation sites (N-methyl/N-ethyl adjacent to an activating group) is 1. The first-order chi connectivity index (χ1) is 14.2. The molecule has 166 valence electrons. The van der Waals surface area contributed by atoms with Crippen molar-refractivity contribution < 1.29 is 39.1 Å². The van der Waals surface area contributed by atoms with Crippen LogP contribution in [0.2, 0.25) is 0 Å². The third kappa shape index (κ3) is 4.49. The molecular weight excluding hydrogens is 431 g/mol. The number of nitrogens with one attached hydrogen (secondary N) is 2. The summed E-state index contributed by atoms with van der Waals surface area (Å²) in [7, 11) is 0. The maximum absolute atomic E-state index is 13.0. The number of aromatic amines is 1. The van der Waals surface area contributed by atoms with Gasteiger partial charge in [-0.2, -0.15) is 4.40 Å². The van der Waals surface area contributed by atoms with Crippen LogP contribution in [0.1, 0.15) is 37.7 Å². The third-order valence-corrected chi connectivity index (χ3v) is 5.91. The fourth-order valence-electron chi connectivity index (χ4n) is 4.21. The lowest BCUT2D eigenvalue weighted by molar-refractivity contribution is -0.912. The highest BCUT2D eigenvalue weighted by atomic mass is 35.5. The molecule has 4 rings (SSSR count). The Labute approximate surface area is 195 Å². The highest BCUT2D eigenvalue weighted by molar-refractivity contribution is 6.02. The molecule has 7 heteroatoms. The Morgan fingerprint density at radius 3 is 2.26 bits per heavy atom. The van der Waals surface area contributed by atoms with E-state index in [1.54, 1.807) is 4.90 Å². The van der Waals surface area contributed by atoms with Gasteiger partial charge in [0, 0.05) is 12.0 Å². The molecule has 0 fully saturated rings. The molecule has 0 radical (unpaired) electrons. The number of carbonyl (C=O) groups excluding carboxylic acids is 1. The molecule has 0 aliphatic carbocycles. The number of halogens is 2. The van der Waals surface area contributed by atoms with Gasteiger partial charge in [-0.25, -0.2) is 9.55 Å². The zero-order valence-corrected chi connectivity index (χ0v) is 19.8. The average Bonchev–Trinajstić information content (AvgIpc) is 3.30. The molecule has 0 bridgehead atoms. The minimum absolute atomic E-state index is 0. The Bertz CT molecular complexity index is 1150. The summed E-state index contributed by atoms with van der Waals surface area (Å²) in [5.74, 6) is 1.13. The summed E-state index contributed by atoms with van der Waals surface area (Å²) in [6.45, 7) is 10.6. The Balaban J connectivity index is 0.00000171. The number of ketones is 1. The highest BCUT2D eigenvalue weighted by Gasteiger charge is 2.30. The van der Waals surface area contributed by atoms with Crippen molar-refractivity contribution in [2.75, 3.05) is 19.6 Å². The first-order valence-electron chi connectivity index (χ1n) is 10.7. The van der Waals surface area contributed by atoms with Crippen molar-refractivity contribution in [1.82, 2.24) is 9.38 Å². The van der Waals surface area contributed by atoms with Gasteiger partial charge < -0.3 is 29.7 Å². The van der Waals surface area contributed by atoms with Gasteiger partial charge in [0.2, 0.25) is 0 Å². The third-order valence-electron chi connectivity index (χ3n) is 5.91. The Hall–Kier alpha value is -2.34. The van der Waals surface area contributed by atoms with Crippen LogP contribution in [-0.2, 0) is 6.54 Å². The largest absolute Gasteiger partial charge is 1.00 e. The lowest BCUT2D eigenvalue weighted by atomic mass is 10.1. The predicted octanol–water partition coefficient (Wildman–Crippen LogP) is -3.10. The first kappa shape index (κ1) is 24.9. The second-order valence-electron chi connectivity index (χ2n) is 7.50. The van der Waals surface area contributed by atoms with Crippen LogP contribution >= 0.6 is 0 Å². The monoisotopic (exact) mass is 460 g/mol. The molecule has 2 aromatic carbocycles. The number of para-hydroxylation sites is 2. The molecule has 0 spiro atoms. The van der Waals surface area contributed by atoms with E-state index in [1.165, 1.54) is 0 Å². The highest BCUT2D eigenvalue weighted by Crippen LogP contribution is 2.28. The second-order valence-corrected chi connectivity index (χ2v) is 7.50. The zero-order chi connectivity index (χ0) is 20.4. The minimum Gasteiger partial charge on any atom is -1.00 e. The van der Waals surface area contributed by atoms with E-state index < -0.39 is 0 Å². The smallest absolute Gasteiger partial charge is 0.369 e. The van der Waals surface area contributed by atoms with Crippen LogP contribution < -0.4 is 34.3 Å². The molecule has 2 aromatic heterocycles. The van der Waals surface area contributed by atoms with Crippen molar-refractivity contribution >= 4 is 22.6 Å². The molecule has 0 aliphatic heterocycles. The van der Waals surface area contributed by atoms with Crippen LogP contribution in [0, 0.1) is 0 Å². The lowest BCUT2D eigenvalue weighted by Crippen LogP contribution is -3.12. The van der Waals surface area contributed by atoms with Gasteiger partial charge in [-0.1, -0.05) is 49.4 Å². The number of H-pyrrole nitrogens is 1. The van der Waals surface area contributed by atoms with Crippen LogP contribution in [0.3, 0.4) is 0 Å². The molecule has 0 amide bonds. The number of hydrogen-bond donors (Lipinski definition) is 2. The molecule has 0 unspecified atom stereocenters. The van der Waals surface area contributed by atoms with Gasteiger partial charge in [0.05, 0.1) is 13.1 Å². The van der Waals surface area contributed by atoms with Crippen molar-refractivity contribution in [2.45, 2.75) is 33.7 Å². The number of imidazole rings is 2. The van der Waals surface area contributed by atoms with Crippen molar-refractivity contribution in [3.63, 3.8) is 0 Å². The summed E-state index contributed by atoms with van der Waals surface area (Å²) in [5, 5.41) is 0. The molecule has 2 N–H and O–H groups in total. The molecule has 0 saturated heterocycles. The van der Waals surface area contributed by atoms with Crippen molar-refractivity contribution in [2.24, 2.45) is 0 Å². The number of Topliss-reactive ketones (excluding diaryl/α,β-unsaturated/α-hetero) is 1. The fraction of sp³-hybridized carbons (Fsp3) is 0.333. The van der Waals surface area contributed by atoms with Crippen molar-refractivity contribution in [1.29, 1.82) is 0 Å². The Kier molecular flexibility index (Phi) is 8.69. The number of carbonyl (C=O) groups is 1. The SMILES string of the molecule is CCC(=O)c1c(-c2ccccc2)[nH]c2n1c1ccccc1[n+]2CC[NH+](CC)CC.[Cl-].[Cl-]. The van der Waals surface area contributed by atoms with E-state index in [9.17, 15) is 4.79 Å². The minimum atomic E-state index is 0. The molecule has 5 nitrogen and oxygen atoms in total. The predicted molar refractivity (Wildman–Crippen MR) is 116 cm³/mol. The van der Waals surface area contributed by atoms with E-state index in [1.807, 2.05) is 31.2 Å². The fourth-order valence-corrected chi connectivity index (χ4v) is 4.21.